The summed E-state index contributed by atoms with van der Waals surface area (Å²) in [4.78, 5) is 2.57. The number of rotatable bonds is 5. The molecule has 0 bridgehead atoms. The Morgan fingerprint density at radius 1 is 1.16 bits per heavy atom. The third kappa shape index (κ3) is 3.32. The molecule has 3 fully saturated rings. The van der Waals surface area contributed by atoms with Gasteiger partial charge in [-0.1, -0.05) is 12.8 Å². The average Bonchev–Trinajstić information content (AvgIpc) is 2.91. The van der Waals surface area contributed by atoms with E-state index in [-0.39, 0.29) is 5.60 Å². The van der Waals surface area contributed by atoms with Gasteiger partial charge in [-0.05, 0) is 52.0 Å². The van der Waals surface area contributed by atoms with Crippen LogP contribution in [0.3, 0.4) is 0 Å². The molecule has 1 aliphatic heterocycles. The monoisotopic (exact) mass is 266 g/mol. The molecule has 2 saturated carbocycles. The van der Waals surface area contributed by atoms with Crippen molar-refractivity contribution in [3.63, 3.8) is 0 Å². The zero-order valence-electron chi connectivity index (χ0n) is 12.5. The van der Waals surface area contributed by atoms with Crippen molar-refractivity contribution in [2.24, 2.45) is 0 Å². The Balaban J connectivity index is 1.35. The summed E-state index contributed by atoms with van der Waals surface area (Å²) < 4.78 is 5.99. The van der Waals surface area contributed by atoms with Crippen LogP contribution in [0.25, 0.3) is 0 Å². The second-order valence-corrected chi connectivity index (χ2v) is 6.95. The molecule has 3 heteroatoms. The van der Waals surface area contributed by atoms with Gasteiger partial charge in [-0.2, -0.15) is 0 Å². The molecule has 1 saturated heterocycles. The number of nitrogens with zero attached hydrogens (tertiary/aromatic N) is 1. The highest BCUT2D eigenvalue weighted by molar-refractivity contribution is 4.96. The average molecular weight is 266 g/mol. The van der Waals surface area contributed by atoms with Crippen molar-refractivity contribution in [2.75, 3.05) is 26.7 Å². The van der Waals surface area contributed by atoms with E-state index in [9.17, 15) is 0 Å². The van der Waals surface area contributed by atoms with Gasteiger partial charge in [0.25, 0.3) is 0 Å². The van der Waals surface area contributed by atoms with E-state index in [1.807, 2.05) is 0 Å². The van der Waals surface area contributed by atoms with E-state index >= 15 is 0 Å². The van der Waals surface area contributed by atoms with Crippen LogP contribution in [-0.2, 0) is 4.74 Å². The van der Waals surface area contributed by atoms with E-state index < -0.39 is 0 Å². The first-order valence-electron chi connectivity index (χ1n) is 8.35. The molecule has 3 aliphatic rings. The molecule has 2 aliphatic carbocycles. The van der Waals surface area contributed by atoms with Gasteiger partial charge in [0.15, 0.2) is 0 Å². The van der Waals surface area contributed by atoms with Gasteiger partial charge in [0.05, 0.1) is 5.60 Å². The van der Waals surface area contributed by atoms with Crippen LogP contribution < -0.4 is 5.32 Å². The van der Waals surface area contributed by atoms with Crippen molar-refractivity contribution in [3.8, 4) is 0 Å². The Morgan fingerprint density at radius 2 is 1.95 bits per heavy atom. The van der Waals surface area contributed by atoms with Crippen molar-refractivity contribution < 1.29 is 4.74 Å². The van der Waals surface area contributed by atoms with Gasteiger partial charge in [0, 0.05) is 31.8 Å². The van der Waals surface area contributed by atoms with E-state index in [2.05, 4.69) is 17.3 Å². The molecule has 110 valence electrons. The lowest BCUT2D eigenvalue weighted by Gasteiger charge is -2.47. The minimum absolute atomic E-state index is 0.285. The summed E-state index contributed by atoms with van der Waals surface area (Å²) in [5, 5.41) is 3.78. The van der Waals surface area contributed by atoms with E-state index in [1.54, 1.807) is 0 Å². The van der Waals surface area contributed by atoms with Crippen LogP contribution in [0.4, 0.5) is 0 Å². The van der Waals surface area contributed by atoms with Gasteiger partial charge < -0.3 is 15.0 Å². The zero-order valence-corrected chi connectivity index (χ0v) is 12.5. The van der Waals surface area contributed by atoms with Crippen LogP contribution in [0, 0.1) is 0 Å². The summed E-state index contributed by atoms with van der Waals surface area (Å²) >= 11 is 0. The first-order valence-corrected chi connectivity index (χ1v) is 8.35. The fraction of sp³-hybridized carbons (Fsp3) is 1.00. The van der Waals surface area contributed by atoms with Gasteiger partial charge in [-0.25, -0.2) is 0 Å². The van der Waals surface area contributed by atoms with Crippen LogP contribution in [0.2, 0.25) is 0 Å². The minimum atomic E-state index is 0.285. The molecule has 1 atom stereocenters. The topological polar surface area (TPSA) is 24.5 Å². The maximum atomic E-state index is 5.99. The smallest absolute Gasteiger partial charge is 0.0697 e. The lowest BCUT2D eigenvalue weighted by molar-refractivity contribution is -0.135. The quantitative estimate of drug-likeness (QED) is 0.827. The number of hydrogen-bond donors (Lipinski definition) is 1. The Hall–Kier alpha value is -0.120. The van der Waals surface area contributed by atoms with Crippen molar-refractivity contribution in [1.29, 1.82) is 0 Å². The van der Waals surface area contributed by atoms with Gasteiger partial charge in [0.1, 0.15) is 0 Å². The molecule has 0 aromatic heterocycles. The maximum Gasteiger partial charge on any atom is 0.0697 e. The molecule has 1 unspecified atom stereocenters. The first kappa shape index (κ1) is 13.8. The van der Waals surface area contributed by atoms with Crippen molar-refractivity contribution in [2.45, 2.75) is 75.5 Å². The van der Waals surface area contributed by atoms with E-state index in [0.29, 0.717) is 6.04 Å². The highest BCUT2D eigenvalue weighted by Gasteiger charge is 2.42. The number of hydrogen-bond acceptors (Lipinski definition) is 3. The zero-order chi connectivity index (χ0) is 13.1. The maximum absolute atomic E-state index is 5.99. The summed E-state index contributed by atoms with van der Waals surface area (Å²) in [6.07, 6.45) is 12.1. The molecule has 19 heavy (non-hydrogen) atoms. The van der Waals surface area contributed by atoms with Gasteiger partial charge in [0.2, 0.25) is 0 Å². The van der Waals surface area contributed by atoms with Crippen molar-refractivity contribution >= 4 is 0 Å². The summed E-state index contributed by atoms with van der Waals surface area (Å²) in [6, 6.07) is 1.56. The third-order valence-electron chi connectivity index (χ3n) is 5.60. The molecule has 0 radical (unpaired) electrons. The Morgan fingerprint density at radius 3 is 2.63 bits per heavy atom. The number of nitrogens with one attached hydrogen (secondary N) is 1. The fourth-order valence-corrected chi connectivity index (χ4v) is 4.09. The lowest BCUT2D eigenvalue weighted by Crippen LogP contribution is -2.51. The van der Waals surface area contributed by atoms with E-state index in [4.69, 9.17) is 4.74 Å². The number of likely N-dealkylation sites (N-methyl/N-ethyl adjacent to an activating group) is 1. The highest BCUT2D eigenvalue weighted by atomic mass is 16.5. The first-order chi connectivity index (χ1) is 9.27. The highest BCUT2D eigenvalue weighted by Crippen LogP contribution is 2.42. The molecule has 3 nitrogen and oxygen atoms in total. The standard InChI is InChI=1S/C16H30N2O/c1-18(15-5-2-3-6-15)11-10-17-14-7-12-19-16(13-14)8-4-9-16/h14-15,17H,2-13H2,1H3. The second-order valence-electron chi connectivity index (χ2n) is 6.95. The molecule has 0 amide bonds. The fourth-order valence-electron chi connectivity index (χ4n) is 4.09. The van der Waals surface area contributed by atoms with Crippen LogP contribution in [0.1, 0.15) is 57.8 Å². The van der Waals surface area contributed by atoms with E-state index in [0.717, 1.165) is 19.2 Å². The van der Waals surface area contributed by atoms with Crippen LogP contribution in [-0.4, -0.2) is 49.3 Å². The van der Waals surface area contributed by atoms with Crippen LogP contribution in [0.15, 0.2) is 0 Å². The Kier molecular flexibility index (Phi) is 4.45. The van der Waals surface area contributed by atoms with E-state index in [1.165, 1.54) is 64.3 Å². The third-order valence-corrected chi connectivity index (χ3v) is 5.60. The Bertz CT molecular complexity index is 284. The Labute approximate surface area is 118 Å². The molecule has 1 N–H and O–H groups in total. The number of ether oxygens (including phenoxy) is 1. The molecule has 0 aromatic carbocycles. The lowest BCUT2D eigenvalue weighted by atomic mass is 9.74. The largest absolute Gasteiger partial charge is 0.375 e. The molecular formula is C16H30N2O. The normalized spacial score (nSPS) is 30.9. The predicted molar refractivity (Wildman–Crippen MR) is 78.4 cm³/mol. The summed E-state index contributed by atoms with van der Waals surface area (Å²) in [5.74, 6) is 0. The minimum Gasteiger partial charge on any atom is -0.375 e. The summed E-state index contributed by atoms with van der Waals surface area (Å²) in [7, 11) is 2.30. The molecule has 0 aromatic rings. The predicted octanol–water partition coefficient (Wildman–Crippen LogP) is 2.55. The van der Waals surface area contributed by atoms with Crippen molar-refractivity contribution in [1.82, 2.24) is 10.2 Å². The van der Waals surface area contributed by atoms with Gasteiger partial charge in [-0.3, -0.25) is 0 Å². The van der Waals surface area contributed by atoms with Gasteiger partial charge >= 0.3 is 0 Å². The van der Waals surface area contributed by atoms with Crippen LogP contribution >= 0.6 is 0 Å². The molecule has 1 heterocycles. The molecule has 3 rings (SSSR count). The SMILES string of the molecule is CN(CCNC1CCOC2(CCC2)C1)C1CCCC1. The second kappa shape index (κ2) is 6.11. The molecule has 1 spiro atoms. The summed E-state index contributed by atoms with van der Waals surface area (Å²) in [5.41, 5.74) is 0.285. The molecular weight excluding hydrogens is 236 g/mol. The van der Waals surface area contributed by atoms with Gasteiger partial charge in [-0.15, -0.1) is 0 Å². The summed E-state index contributed by atoms with van der Waals surface area (Å²) in [6.45, 7) is 3.32. The van der Waals surface area contributed by atoms with Crippen LogP contribution in [0.5, 0.6) is 0 Å². The van der Waals surface area contributed by atoms with Crippen molar-refractivity contribution in [3.05, 3.63) is 0 Å².